The summed E-state index contributed by atoms with van der Waals surface area (Å²) in [6, 6.07) is 17.3. The fourth-order valence-corrected chi connectivity index (χ4v) is 2.90. The summed E-state index contributed by atoms with van der Waals surface area (Å²) >= 11 is 0. The van der Waals surface area contributed by atoms with Gasteiger partial charge in [0, 0.05) is 25.4 Å². The Bertz CT molecular complexity index is 983. The lowest BCUT2D eigenvalue weighted by atomic mass is 10.0. The smallest absolute Gasteiger partial charge is 0.255 e. The molecule has 0 aliphatic carbocycles. The van der Waals surface area contributed by atoms with E-state index in [2.05, 4.69) is 15.7 Å². The Morgan fingerprint density at radius 3 is 2.48 bits per heavy atom. The van der Waals surface area contributed by atoms with Crippen LogP contribution in [0.3, 0.4) is 0 Å². The van der Waals surface area contributed by atoms with E-state index in [4.69, 9.17) is 4.74 Å². The molecular formula is C22H24N4O3. The number of amides is 2. The highest BCUT2D eigenvalue weighted by atomic mass is 16.5. The van der Waals surface area contributed by atoms with Crippen LogP contribution in [-0.4, -0.2) is 48.4 Å². The van der Waals surface area contributed by atoms with Crippen molar-refractivity contribution in [1.29, 1.82) is 0 Å². The number of carbonyl (C=O) groups excluding carboxylic acids is 2. The van der Waals surface area contributed by atoms with Crippen LogP contribution in [0.4, 0.5) is 0 Å². The summed E-state index contributed by atoms with van der Waals surface area (Å²) in [7, 11) is 1.56. The van der Waals surface area contributed by atoms with Crippen molar-refractivity contribution < 1.29 is 14.3 Å². The SMILES string of the molecule is COCCNC(=O)CNC(=O)c1cn(-c2ccccc2)nc1-c1ccccc1C. The first-order chi connectivity index (χ1) is 14.1. The van der Waals surface area contributed by atoms with Crippen molar-refractivity contribution in [3.05, 3.63) is 71.9 Å². The Labute approximate surface area is 169 Å². The third-order valence-electron chi connectivity index (χ3n) is 4.42. The van der Waals surface area contributed by atoms with E-state index in [0.717, 1.165) is 16.8 Å². The lowest BCUT2D eigenvalue weighted by Gasteiger charge is -2.08. The Kier molecular flexibility index (Phi) is 6.76. The second kappa shape index (κ2) is 9.66. The zero-order chi connectivity index (χ0) is 20.6. The molecule has 1 heterocycles. The number of benzene rings is 2. The minimum atomic E-state index is -0.354. The number of nitrogens with zero attached hydrogens (tertiary/aromatic N) is 2. The molecule has 1 aromatic heterocycles. The first kappa shape index (κ1) is 20.3. The number of hydrogen-bond donors (Lipinski definition) is 2. The van der Waals surface area contributed by atoms with Crippen molar-refractivity contribution in [3.8, 4) is 16.9 Å². The molecule has 150 valence electrons. The number of methoxy groups -OCH3 is 1. The number of aromatic nitrogens is 2. The van der Waals surface area contributed by atoms with Crippen LogP contribution in [0.1, 0.15) is 15.9 Å². The monoisotopic (exact) mass is 392 g/mol. The number of aryl methyl sites for hydroxylation is 1. The fraction of sp³-hybridized carbons (Fsp3) is 0.227. The molecule has 3 aromatic rings. The highest BCUT2D eigenvalue weighted by molar-refractivity contribution is 6.01. The fourth-order valence-electron chi connectivity index (χ4n) is 2.90. The van der Waals surface area contributed by atoms with Gasteiger partial charge >= 0.3 is 0 Å². The highest BCUT2D eigenvalue weighted by Gasteiger charge is 2.20. The molecule has 0 saturated carbocycles. The van der Waals surface area contributed by atoms with E-state index in [1.807, 2.05) is 61.5 Å². The van der Waals surface area contributed by atoms with Gasteiger partial charge in [0.1, 0.15) is 5.69 Å². The van der Waals surface area contributed by atoms with Gasteiger partial charge < -0.3 is 15.4 Å². The molecule has 0 aliphatic rings. The summed E-state index contributed by atoms with van der Waals surface area (Å²) in [6.07, 6.45) is 1.69. The van der Waals surface area contributed by atoms with Gasteiger partial charge in [-0.3, -0.25) is 9.59 Å². The molecule has 0 radical (unpaired) electrons. The van der Waals surface area contributed by atoms with E-state index in [0.29, 0.717) is 24.4 Å². The number of nitrogens with one attached hydrogen (secondary N) is 2. The molecular weight excluding hydrogens is 368 g/mol. The van der Waals surface area contributed by atoms with E-state index < -0.39 is 0 Å². The molecule has 2 amide bonds. The second-order valence-corrected chi connectivity index (χ2v) is 6.51. The predicted octanol–water partition coefficient (Wildman–Crippen LogP) is 2.34. The average Bonchev–Trinajstić information content (AvgIpc) is 3.18. The van der Waals surface area contributed by atoms with Crippen LogP contribution in [0.5, 0.6) is 0 Å². The molecule has 7 nitrogen and oxygen atoms in total. The molecule has 0 atom stereocenters. The van der Waals surface area contributed by atoms with E-state index in [-0.39, 0.29) is 18.4 Å². The van der Waals surface area contributed by atoms with Crippen LogP contribution in [0.25, 0.3) is 16.9 Å². The Balaban J connectivity index is 1.86. The molecule has 2 N–H and O–H groups in total. The number of ether oxygens (including phenoxy) is 1. The molecule has 0 spiro atoms. The number of rotatable bonds is 8. The van der Waals surface area contributed by atoms with Gasteiger partial charge in [-0.1, -0.05) is 42.5 Å². The Morgan fingerprint density at radius 1 is 1.03 bits per heavy atom. The highest BCUT2D eigenvalue weighted by Crippen LogP contribution is 2.26. The maximum Gasteiger partial charge on any atom is 0.255 e. The lowest BCUT2D eigenvalue weighted by molar-refractivity contribution is -0.120. The van der Waals surface area contributed by atoms with Gasteiger partial charge in [-0.15, -0.1) is 0 Å². The van der Waals surface area contributed by atoms with Gasteiger partial charge in [-0.25, -0.2) is 4.68 Å². The molecule has 0 aliphatic heterocycles. The third kappa shape index (κ3) is 5.08. The van der Waals surface area contributed by atoms with Gasteiger partial charge in [-0.05, 0) is 24.6 Å². The summed E-state index contributed by atoms with van der Waals surface area (Å²) in [5, 5.41) is 10.0. The van der Waals surface area contributed by atoms with E-state index in [1.165, 1.54) is 0 Å². The minimum Gasteiger partial charge on any atom is -0.383 e. The van der Waals surface area contributed by atoms with Gasteiger partial charge in [0.05, 0.1) is 24.4 Å². The van der Waals surface area contributed by atoms with Crippen molar-refractivity contribution in [2.24, 2.45) is 0 Å². The van der Waals surface area contributed by atoms with Gasteiger partial charge in [0.15, 0.2) is 0 Å². The zero-order valence-corrected chi connectivity index (χ0v) is 16.5. The molecule has 29 heavy (non-hydrogen) atoms. The summed E-state index contributed by atoms with van der Waals surface area (Å²) in [4.78, 5) is 24.7. The molecule has 2 aromatic carbocycles. The Hall–Kier alpha value is -3.45. The van der Waals surface area contributed by atoms with E-state index >= 15 is 0 Å². The first-order valence-electron chi connectivity index (χ1n) is 9.35. The first-order valence-corrected chi connectivity index (χ1v) is 9.35. The topological polar surface area (TPSA) is 85.3 Å². The number of hydrogen-bond acceptors (Lipinski definition) is 4. The van der Waals surface area contributed by atoms with Crippen molar-refractivity contribution in [1.82, 2.24) is 20.4 Å². The molecule has 7 heteroatoms. The van der Waals surface area contributed by atoms with Gasteiger partial charge in [0.2, 0.25) is 5.91 Å². The zero-order valence-electron chi connectivity index (χ0n) is 16.5. The van der Waals surface area contributed by atoms with Crippen molar-refractivity contribution >= 4 is 11.8 Å². The third-order valence-corrected chi connectivity index (χ3v) is 4.42. The minimum absolute atomic E-state index is 0.119. The van der Waals surface area contributed by atoms with Crippen molar-refractivity contribution in [3.63, 3.8) is 0 Å². The second-order valence-electron chi connectivity index (χ2n) is 6.51. The largest absolute Gasteiger partial charge is 0.383 e. The van der Waals surface area contributed by atoms with Crippen LogP contribution >= 0.6 is 0 Å². The number of para-hydroxylation sites is 1. The predicted molar refractivity (Wildman–Crippen MR) is 111 cm³/mol. The van der Waals surface area contributed by atoms with E-state index in [9.17, 15) is 9.59 Å². The van der Waals surface area contributed by atoms with Crippen LogP contribution in [0, 0.1) is 6.92 Å². The molecule has 0 fully saturated rings. The van der Waals surface area contributed by atoms with E-state index in [1.54, 1.807) is 18.0 Å². The van der Waals surface area contributed by atoms with Gasteiger partial charge in [-0.2, -0.15) is 5.10 Å². The molecule has 3 rings (SSSR count). The summed E-state index contributed by atoms with van der Waals surface area (Å²) in [5.74, 6) is -0.629. The molecule has 0 bridgehead atoms. The van der Waals surface area contributed by atoms with Crippen LogP contribution in [-0.2, 0) is 9.53 Å². The van der Waals surface area contributed by atoms with Crippen LogP contribution < -0.4 is 10.6 Å². The van der Waals surface area contributed by atoms with Crippen LogP contribution in [0.15, 0.2) is 60.8 Å². The molecule has 0 saturated heterocycles. The normalized spacial score (nSPS) is 10.6. The summed E-state index contributed by atoms with van der Waals surface area (Å²) in [6.45, 7) is 2.67. The standard InChI is InChI=1S/C22H24N4O3/c1-16-8-6-7-11-18(16)21-19(15-26(25-21)17-9-4-3-5-10-17)22(28)24-14-20(27)23-12-13-29-2/h3-11,15H,12-14H2,1-2H3,(H,23,27)(H,24,28). The van der Waals surface area contributed by atoms with Crippen molar-refractivity contribution in [2.75, 3.05) is 26.8 Å². The van der Waals surface area contributed by atoms with Crippen molar-refractivity contribution in [2.45, 2.75) is 6.92 Å². The number of carbonyl (C=O) groups is 2. The quantitative estimate of drug-likeness (QED) is 0.576. The maximum absolute atomic E-state index is 12.9. The average molecular weight is 392 g/mol. The summed E-state index contributed by atoms with van der Waals surface area (Å²) < 4.78 is 6.57. The van der Waals surface area contributed by atoms with Gasteiger partial charge in [0.25, 0.3) is 5.91 Å². The molecule has 0 unspecified atom stereocenters. The Morgan fingerprint density at radius 2 is 1.76 bits per heavy atom. The maximum atomic E-state index is 12.9. The lowest BCUT2D eigenvalue weighted by Crippen LogP contribution is -2.38. The van der Waals surface area contributed by atoms with Crippen LogP contribution in [0.2, 0.25) is 0 Å². The summed E-state index contributed by atoms with van der Waals surface area (Å²) in [5.41, 5.74) is 3.71.